The standard InChI is InChI=1S/C18H25N3O3/c1-12-16(4-3-9-19-12)20-18(23)13-10-17(22)21(11-13)14-5-7-15(24-2)8-6-14/h5-8,12-13,16,19H,3-4,9-11H2,1-2H3,(H,20,23). The fraction of sp³-hybridized carbons (Fsp3) is 0.556. The maximum absolute atomic E-state index is 12.5. The molecule has 0 spiro atoms. The van der Waals surface area contributed by atoms with Gasteiger partial charge in [-0.05, 0) is 50.6 Å². The number of carbonyl (C=O) groups is 2. The summed E-state index contributed by atoms with van der Waals surface area (Å²) in [4.78, 5) is 26.5. The van der Waals surface area contributed by atoms with Gasteiger partial charge in [-0.2, -0.15) is 0 Å². The van der Waals surface area contributed by atoms with Gasteiger partial charge in [-0.3, -0.25) is 9.59 Å². The van der Waals surface area contributed by atoms with Crippen molar-refractivity contribution in [3.8, 4) is 5.75 Å². The fourth-order valence-corrected chi connectivity index (χ4v) is 3.44. The number of ether oxygens (including phenoxy) is 1. The summed E-state index contributed by atoms with van der Waals surface area (Å²) in [6.45, 7) is 3.53. The zero-order valence-corrected chi connectivity index (χ0v) is 14.2. The van der Waals surface area contributed by atoms with Crippen LogP contribution in [0.1, 0.15) is 26.2 Å². The minimum atomic E-state index is -0.284. The molecule has 2 saturated heterocycles. The summed E-state index contributed by atoms with van der Waals surface area (Å²) in [6, 6.07) is 7.78. The van der Waals surface area contributed by atoms with Crippen LogP contribution in [-0.2, 0) is 9.59 Å². The van der Waals surface area contributed by atoms with Crippen LogP contribution < -0.4 is 20.3 Å². The number of hydrogen-bond donors (Lipinski definition) is 2. The van der Waals surface area contributed by atoms with Gasteiger partial charge in [0.05, 0.1) is 13.0 Å². The number of benzene rings is 1. The van der Waals surface area contributed by atoms with Crippen molar-refractivity contribution in [1.82, 2.24) is 10.6 Å². The normalized spacial score (nSPS) is 27.2. The molecule has 0 saturated carbocycles. The summed E-state index contributed by atoms with van der Waals surface area (Å²) in [6.07, 6.45) is 2.33. The molecule has 6 nitrogen and oxygen atoms in total. The van der Waals surface area contributed by atoms with Crippen molar-refractivity contribution >= 4 is 17.5 Å². The molecule has 2 N–H and O–H groups in total. The molecule has 3 unspecified atom stereocenters. The van der Waals surface area contributed by atoms with Crippen LogP contribution in [0.25, 0.3) is 0 Å². The van der Waals surface area contributed by atoms with E-state index in [0.717, 1.165) is 30.8 Å². The Morgan fingerprint density at radius 2 is 2.08 bits per heavy atom. The number of amides is 2. The summed E-state index contributed by atoms with van der Waals surface area (Å²) in [5, 5.41) is 6.50. The van der Waals surface area contributed by atoms with Gasteiger partial charge < -0.3 is 20.3 Å². The molecule has 2 fully saturated rings. The van der Waals surface area contributed by atoms with Crippen LogP contribution in [0, 0.1) is 5.92 Å². The van der Waals surface area contributed by atoms with E-state index in [-0.39, 0.29) is 36.2 Å². The van der Waals surface area contributed by atoms with Crippen molar-refractivity contribution in [2.45, 2.75) is 38.3 Å². The summed E-state index contributed by atoms with van der Waals surface area (Å²) < 4.78 is 5.14. The van der Waals surface area contributed by atoms with Crippen molar-refractivity contribution < 1.29 is 14.3 Å². The molecule has 0 bridgehead atoms. The SMILES string of the molecule is COc1ccc(N2CC(C(=O)NC3CCCNC3C)CC2=O)cc1. The van der Waals surface area contributed by atoms with Gasteiger partial charge in [0.2, 0.25) is 11.8 Å². The van der Waals surface area contributed by atoms with Gasteiger partial charge >= 0.3 is 0 Å². The molecule has 3 rings (SSSR count). The number of nitrogens with zero attached hydrogens (tertiary/aromatic N) is 1. The van der Waals surface area contributed by atoms with E-state index in [1.165, 1.54) is 0 Å². The number of rotatable bonds is 4. The lowest BCUT2D eigenvalue weighted by Crippen LogP contribution is -2.53. The summed E-state index contributed by atoms with van der Waals surface area (Å²) in [5.41, 5.74) is 0.809. The number of carbonyl (C=O) groups excluding carboxylic acids is 2. The van der Waals surface area contributed by atoms with Crippen LogP contribution in [0.4, 0.5) is 5.69 Å². The van der Waals surface area contributed by atoms with E-state index in [9.17, 15) is 9.59 Å². The third kappa shape index (κ3) is 3.53. The molecular formula is C18H25N3O3. The summed E-state index contributed by atoms with van der Waals surface area (Å²) in [5.74, 6) is 0.447. The van der Waals surface area contributed by atoms with Crippen LogP contribution in [0.3, 0.4) is 0 Å². The molecule has 130 valence electrons. The van der Waals surface area contributed by atoms with Crippen LogP contribution in [0.2, 0.25) is 0 Å². The van der Waals surface area contributed by atoms with Crippen molar-refractivity contribution in [3.63, 3.8) is 0 Å². The monoisotopic (exact) mass is 331 g/mol. The number of piperidine rings is 1. The first-order valence-electron chi connectivity index (χ1n) is 8.56. The van der Waals surface area contributed by atoms with Gasteiger partial charge in [-0.25, -0.2) is 0 Å². The highest BCUT2D eigenvalue weighted by Crippen LogP contribution is 2.27. The Bertz CT molecular complexity index is 602. The molecule has 0 aliphatic carbocycles. The van der Waals surface area contributed by atoms with E-state index in [2.05, 4.69) is 17.6 Å². The van der Waals surface area contributed by atoms with Gasteiger partial charge in [0.25, 0.3) is 0 Å². The molecular weight excluding hydrogens is 306 g/mol. The Morgan fingerprint density at radius 1 is 1.33 bits per heavy atom. The number of hydrogen-bond acceptors (Lipinski definition) is 4. The molecule has 1 aromatic rings. The van der Waals surface area contributed by atoms with Gasteiger partial charge in [0.15, 0.2) is 0 Å². The zero-order chi connectivity index (χ0) is 17.1. The fourth-order valence-electron chi connectivity index (χ4n) is 3.44. The molecule has 0 radical (unpaired) electrons. The minimum Gasteiger partial charge on any atom is -0.497 e. The van der Waals surface area contributed by atoms with Crippen molar-refractivity contribution in [2.24, 2.45) is 5.92 Å². The van der Waals surface area contributed by atoms with E-state index in [1.807, 2.05) is 24.3 Å². The molecule has 0 aromatic heterocycles. The predicted octanol–water partition coefficient (Wildman–Crippen LogP) is 1.30. The average molecular weight is 331 g/mol. The van der Waals surface area contributed by atoms with Gasteiger partial charge in [-0.1, -0.05) is 0 Å². The number of methoxy groups -OCH3 is 1. The topological polar surface area (TPSA) is 70.7 Å². The van der Waals surface area contributed by atoms with Crippen molar-refractivity contribution in [1.29, 1.82) is 0 Å². The maximum atomic E-state index is 12.5. The third-order valence-electron chi connectivity index (χ3n) is 4.97. The number of anilines is 1. The highest BCUT2D eigenvalue weighted by molar-refractivity contribution is 6.00. The third-order valence-corrected chi connectivity index (χ3v) is 4.97. The van der Waals surface area contributed by atoms with Crippen LogP contribution in [-0.4, -0.2) is 44.1 Å². The molecule has 24 heavy (non-hydrogen) atoms. The first-order valence-corrected chi connectivity index (χ1v) is 8.56. The molecule has 2 aliphatic rings. The predicted molar refractivity (Wildman–Crippen MR) is 92.1 cm³/mol. The van der Waals surface area contributed by atoms with Gasteiger partial charge in [0, 0.05) is 30.7 Å². The Labute approximate surface area is 142 Å². The molecule has 3 atom stereocenters. The molecule has 1 aromatic carbocycles. The maximum Gasteiger partial charge on any atom is 0.227 e. The summed E-state index contributed by atoms with van der Waals surface area (Å²) >= 11 is 0. The molecule has 2 amide bonds. The first-order chi connectivity index (χ1) is 11.6. The molecule has 2 heterocycles. The van der Waals surface area contributed by atoms with E-state index in [0.29, 0.717) is 6.54 Å². The van der Waals surface area contributed by atoms with E-state index in [4.69, 9.17) is 4.74 Å². The highest BCUT2D eigenvalue weighted by Gasteiger charge is 2.36. The largest absolute Gasteiger partial charge is 0.497 e. The van der Waals surface area contributed by atoms with Gasteiger partial charge in [0.1, 0.15) is 5.75 Å². The van der Waals surface area contributed by atoms with Crippen LogP contribution in [0.5, 0.6) is 5.75 Å². The Hall–Kier alpha value is -2.08. The summed E-state index contributed by atoms with van der Waals surface area (Å²) in [7, 11) is 1.61. The van der Waals surface area contributed by atoms with Crippen LogP contribution in [0.15, 0.2) is 24.3 Å². The second-order valence-corrected chi connectivity index (χ2v) is 6.60. The quantitative estimate of drug-likeness (QED) is 0.873. The number of nitrogens with one attached hydrogen (secondary N) is 2. The first kappa shape index (κ1) is 16.8. The Kier molecular flexibility index (Phi) is 5.04. The zero-order valence-electron chi connectivity index (χ0n) is 14.2. The van der Waals surface area contributed by atoms with Crippen molar-refractivity contribution in [3.05, 3.63) is 24.3 Å². The molecule has 6 heteroatoms. The van der Waals surface area contributed by atoms with Crippen molar-refractivity contribution in [2.75, 3.05) is 25.1 Å². The van der Waals surface area contributed by atoms with E-state index >= 15 is 0 Å². The lowest BCUT2D eigenvalue weighted by molar-refractivity contribution is -0.127. The van der Waals surface area contributed by atoms with Gasteiger partial charge in [-0.15, -0.1) is 0 Å². The average Bonchev–Trinajstić information content (AvgIpc) is 2.99. The minimum absolute atomic E-state index is 0.00451. The molecule has 2 aliphatic heterocycles. The highest BCUT2D eigenvalue weighted by atomic mass is 16.5. The van der Waals surface area contributed by atoms with E-state index in [1.54, 1.807) is 12.0 Å². The lowest BCUT2D eigenvalue weighted by Gasteiger charge is -2.31. The Morgan fingerprint density at radius 3 is 2.75 bits per heavy atom. The Balaban J connectivity index is 1.62. The smallest absolute Gasteiger partial charge is 0.227 e. The van der Waals surface area contributed by atoms with Crippen LogP contribution >= 0.6 is 0 Å². The second-order valence-electron chi connectivity index (χ2n) is 6.60. The van der Waals surface area contributed by atoms with E-state index < -0.39 is 0 Å². The lowest BCUT2D eigenvalue weighted by atomic mass is 9.98. The second kappa shape index (κ2) is 7.21.